The van der Waals surface area contributed by atoms with Crippen LogP contribution in [0.5, 0.6) is 0 Å². The third-order valence-corrected chi connectivity index (χ3v) is 2.50. The van der Waals surface area contributed by atoms with Crippen LogP contribution in [-0.2, 0) is 0 Å². The number of hydrogen-bond acceptors (Lipinski definition) is 3. The van der Waals surface area contributed by atoms with Crippen LogP contribution in [0.2, 0.25) is 0 Å². The molecule has 0 amide bonds. The van der Waals surface area contributed by atoms with Gasteiger partial charge < -0.3 is 11.5 Å². The summed E-state index contributed by atoms with van der Waals surface area (Å²) >= 11 is 4.49. The summed E-state index contributed by atoms with van der Waals surface area (Å²) in [6.45, 7) is 1.62. The van der Waals surface area contributed by atoms with Crippen molar-refractivity contribution in [1.82, 2.24) is 0 Å². The molecule has 0 bridgehead atoms. The molecule has 0 rings (SSSR count). The van der Waals surface area contributed by atoms with E-state index in [-0.39, 0.29) is 0 Å². The third kappa shape index (κ3) is 8.37. The lowest BCUT2D eigenvalue weighted by Gasteiger charge is -2.08. The van der Waals surface area contributed by atoms with E-state index in [1.165, 1.54) is 25.7 Å². The number of nitrogens with two attached hydrogens (primary N) is 2. The van der Waals surface area contributed by atoms with E-state index in [9.17, 15) is 0 Å². The van der Waals surface area contributed by atoms with Crippen molar-refractivity contribution >= 4 is 12.6 Å². The molecule has 74 valence electrons. The van der Waals surface area contributed by atoms with Gasteiger partial charge in [0.2, 0.25) is 0 Å². The highest BCUT2D eigenvalue weighted by molar-refractivity contribution is 7.80. The molecule has 3 heteroatoms. The first-order valence-corrected chi connectivity index (χ1v) is 5.41. The number of hydrogen-bond donors (Lipinski definition) is 3. The van der Waals surface area contributed by atoms with Gasteiger partial charge in [0, 0.05) is 5.25 Å². The summed E-state index contributed by atoms with van der Waals surface area (Å²) in [7, 11) is 0. The molecular weight excluding hydrogens is 168 g/mol. The van der Waals surface area contributed by atoms with E-state index in [1.54, 1.807) is 0 Å². The molecule has 0 heterocycles. The Balaban J connectivity index is 3.04. The SMILES string of the molecule is NCCCCC(S)CCCCN. The van der Waals surface area contributed by atoms with E-state index in [0.29, 0.717) is 5.25 Å². The largest absolute Gasteiger partial charge is 0.330 e. The predicted molar refractivity (Wildman–Crippen MR) is 58.6 cm³/mol. The van der Waals surface area contributed by atoms with Crippen LogP contribution >= 0.6 is 12.6 Å². The van der Waals surface area contributed by atoms with Crippen molar-refractivity contribution < 1.29 is 0 Å². The second kappa shape index (κ2) is 9.36. The quantitative estimate of drug-likeness (QED) is 0.402. The standard InChI is InChI=1S/C9H22N2S/c10-7-3-1-5-9(12)6-2-4-8-11/h9,12H,1-8,10-11H2. The van der Waals surface area contributed by atoms with E-state index >= 15 is 0 Å². The molecule has 0 atom stereocenters. The molecule has 0 aromatic carbocycles. The summed E-state index contributed by atoms with van der Waals surface area (Å²) in [6, 6.07) is 0. The lowest BCUT2D eigenvalue weighted by atomic mass is 10.1. The smallest absolute Gasteiger partial charge is 0.00168 e. The zero-order valence-electron chi connectivity index (χ0n) is 7.84. The molecule has 0 fully saturated rings. The van der Waals surface area contributed by atoms with E-state index in [4.69, 9.17) is 11.5 Å². The summed E-state index contributed by atoms with van der Waals surface area (Å²) in [5, 5.41) is 0.558. The van der Waals surface area contributed by atoms with Gasteiger partial charge in [0.1, 0.15) is 0 Å². The van der Waals surface area contributed by atoms with Crippen LogP contribution in [0.1, 0.15) is 38.5 Å². The van der Waals surface area contributed by atoms with Crippen LogP contribution in [0.4, 0.5) is 0 Å². The van der Waals surface area contributed by atoms with Crippen LogP contribution in [0.15, 0.2) is 0 Å². The fourth-order valence-electron chi connectivity index (χ4n) is 1.19. The van der Waals surface area contributed by atoms with E-state index in [0.717, 1.165) is 25.9 Å². The molecule has 0 aliphatic rings. The maximum absolute atomic E-state index is 5.39. The predicted octanol–water partition coefficient (Wildman–Crippen LogP) is 1.54. The first-order chi connectivity index (χ1) is 5.81. The minimum atomic E-state index is 0.558. The van der Waals surface area contributed by atoms with Crippen LogP contribution in [0.3, 0.4) is 0 Å². The monoisotopic (exact) mass is 190 g/mol. The average Bonchev–Trinajstić information content (AvgIpc) is 2.06. The van der Waals surface area contributed by atoms with Crippen molar-refractivity contribution in [2.45, 2.75) is 43.8 Å². The Labute approximate surface area is 81.5 Å². The molecule has 0 saturated heterocycles. The van der Waals surface area contributed by atoms with Gasteiger partial charge in [-0.3, -0.25) is 0 Å². The van der Waals surface area contributed by atoms with Gasteiger partial charge in [0.05, 0.1) is 0 Å². The van der Waals surface area contributed by atoms with Crippen molar-refractivity contribution in [1.29, 1.82) is 0 Å². The van der Waals surface area contributed by atoms with Crippen molar-refractivity contribution in [2.24, 2.45) is 11.5 Å². The summed E-state index contributed by atoms with van der Waals surface area (Å²) < 4.78 is 0. The fraction of sp³-hybridized carbons (Fsp3) is 1.00. The van der Waals surface area contributed by atoms with Gasteiger partial charge in [-0.1, -0.05) is 12.8 Å². The Morgan fingerprint density at radius 1 is 0.833 bits per heavy atom. The molecule has 0 aromatic heterocycles. The minimum absolute atomic E-state index is 0.558. The lowest BCUT2D eigenvalue weighted by molar-refractivity contribution is 0.599. The van der Waals surface area contributed by atoms with Gasteiger partial charge in [-0.2, -0.15) is 12.6 Å². The van der Waals surface area contributed by atoms with Crippen LogP contribution in [0, 0.1) is 0 Å². The summed E-state index contributed by atoms with van der Waals surface area (Å²) in [5.41, 5.74) is 10.8. The maximum atomic E-state index is 5.39. The second-order valence-electron chi connectivity index (χ2n) is 3.22. The molecular formula is C9H22N2S. The van der Waals surface area contributed by atoms with Gasteiger partial charge in [-0.25, -0.2) is 0 Å². The summed E-state index contributed by atoms with van der Waals surface area (Å²) in [5.74, 6) is 0. The van der Waals surface area contributed by atoms with Crippen molar-refractivity contribution in [2.75, 3.05) is 13.1 Å². The molecule has 0 aliphatic carbocycles. The fourth-order valence-corrected chi connectivity index (χ4v) is 1.56. The highest BCUT2D eigenvalue weighted by Gasteiger charge is 2.01. The zero-order valence-corrected chi connectivity index (χ0v) is 8.73. The molecule has 0 aliphatic heterocycles. The van der Waals surface area contributed by atoms with Gasteiger partial charge in [0.15, 0.2) is 0 Å². The number of unbranched alkanes of at least 4 members (excludes halogenated alkanes) is 2. The molecule has 2 nitrogen and oxygen atoms in total. The topological polar surface area (TPSA) is 52.0 Å². The first-order valence-electron chi connectivity index (χ1n) is 4.89. The van der Waals surface area contributed by atoms with E-state index < -0.39 is 0 Å². The van der Waals surface area contributed by atoms with E-state index in [2.05, 4.69) is 12.6 Å². The number of rotatable bonds is 8. The minimum Gasteiger partial charge on any atom is -0.330 e. The maximum Gasteiger partial charge on any atom is 0.00168 e. The van der Waals surface area contributed by atoms with Crippen LogP contribution < -0.4 is 11.5 Å². The Morgan fingerprint density at radius 2 is 1.25 bits per heavy atom. The second-order valence-corrected chi connectivity index (χ2v) is 3.95. The zero-order chi connectivity index (χ0) is 9.23. The van der Waals surface area contributed by atoms with Gasteiger partial charge >= 0.3 is 0 Å². The van der Waals surface area contributed by atoms with Gasteiger partial charge in [-0.05, 0) is 38.8 Å². The number of thiol groups is 1. The first kappa shape index (κ1) is 12.3. The Bertz CT molecular complexity index is 78.6. The summed E-state index contributed by atoms with van der Waals surface area (Å²) in [6.07, 6.45) is 7.10. The van der Waals surface area contributed by atoms with Crippen LogP contribution in [0.25, 0.3) is 0 Å². The third-order valence-electron chi connectivity index (χ3n) is 1.98. The molecule has 12 heavy (non-hydrogen) atoms. The molecule has 0 unspecified atom stereocenters. The molecule has 0 aromatic rings. The molecule has 0 spiro atoms. The van der Waals surface area contributed by atoms with Gasteiger partial charge in [-0.15, -0.1) is 0 Å². The lowest BCUT2D eigenvalue weighted by Crippen LogP contribution is -2.04. The Hall–Kier alpha value is 0.270. The Morgan fingerprint density at radius 3 is 1.58 bits per heavy atom. The summed E-state index contributed by atoms with van der Waals surface area (Å²) in [4.78, 5) is 0. The van der Waals surface area contributed by atoms with Crippen molar-refractivity contribution in [3.05, 3.63) is 0 Å². The highest BCUT2D eigenvalue weighted by Crippen LogP contribution is 2.13. The van der Waals surface area contributed by atoms with Crippen molar-refractivity contribution in [3.8, 4) is 0 Å². The molecule has 0 radical (unpaired) electrons. The van der Waals surface area contributed by atoms with Gasteiger partial charge in [0.25, 0.3) is 0 Å². The average molecular weight is 190 g/mol. The molecule has 4 N–H and O–H groups in total. The van der Waals surface area contributed by atoms with Crippen molar-refractivity contribution in [3.63, 3.8) is 0 Å². The van der Waals surface area contributed by atoms with Crippen LogP contribution in [-0.4, -0.2) is 18.3 Å². The Kier molecular flexibility index (Phi) is 9.57. The normalized spacial score (nSPS) is 11.0. The van der Waals surface area contributed by atoms with E-state index in [1.807, 2.05) is 0 Å². The molecule has 0 saturated carbocycles. The highest BCUT2D eigenvalue weighted by atomic mass is 32.1.